The quantitative estimate of drug-likeness (QED) is 0.768. The SMILES string of the molecule is CN(CCc1ccncc1)C(=O)CC(N)=S. The summed E-state index contributed by atoms with van der Waals surface area (Å²) in [5.41, 5.74) is 6.47. The van der Waals surface area contributed by atoms with Crippen molar-refractivity contribution in [2.24, 2.45) is 5.73 Å². The first-order chi connectivity index (χ1) is 7.59. The Hall–Kier alpha value is -1.49. The van der Waals surface area contributed by atoms with Crippen molar-refractivity contribution in [3.05, 3.63) is 30.1 Å². The number of carbonyl (C=O) groups is 1. The fourth-order valence-electron chi connectivity index (χ4n) is 1.25. The monoisotopic (exact) mass is 237 g/mol. The van der Waals surface area contributed by atoms with Crippen LogP contribution in [0.1, 0.15) is 12.0 Å². The average Bonchev–Trinajstić information content (AvgIpc) is 2.26. The van der Waals surface area contributed by atoms with Crippen molar-refractivity contribution >= 4 is 23.1 Å². The Labute approximate surface area is 100 Å². The molecule has 2 N–H and O–H groups in total. The zero-order chi connectivity index (χ0) is 12.0. The number of nitrogens with zero attached hydrogens (tertiary/aromatic N) is 2. The topological polar surface area (TPSA) is 59.2 Å². The second-order valence-corrected chi connectivity index (χ2v) is 4.09. The molecule has 0 aliphatic carbocycles. The maximum absolute atomic E-state index is 11.5. The Kier molecular flexibility index (Phi) is 4.85. The number of hydrogen-bond acceptors (Lipinski definition) is 3. The lowest BCUT2D eigenvalue weighted by Crippen LogP contribution is -2.31. The van der Waals surface area contributed by atoms with Crippen LogP contribution in [0.3, 0.4) is 0 Å². The number of rotatable bonds is 5. The van der Waals surface area contributed by atoms with Crippen molar-refractivity contribution in [2.45, 2.75) is 12.8 Å². The highest BCUT2D eigenvalue weighted by molar-refractivity contribution is 7.80. The zero-order valence-corrected chi connectivity index (χ0v) is 10.0. The number of pyridine rings is 1. The normalized spacial score (nSPS) is 9.81. The molecule has 1 rings (SSSR count). The van der Waals surface area contributed by atoms with E-state index in [1.54, 1.807) is 24.3 Å². The molecule has 0 spiro atoms. The highest BCUT2D eigenvalue weighted by Crippen LogP contribution is 2.00. The summed E-state index contributed by atoms with van der Waals surface area (Å²) < 4.78 is 0. The van der Waals surface area contributed by atoms with E-state index in [4.69, 9.17) is 18.0 Å². The maximum Gasteiger partial charge on any atom is 0.229 e. The lowest BCUT2D eigenvalue weighted by atomic mass is 10.2. The molecule has 16 heavy (non-hydrogen) atoms. The summed E-state index contributed by atoms with van der Waals surface area (Å²) in [7, 11) is 1.75. The van der Waals surface area contributed by atoms with Gasteiger partial charge in [-0.2, -0.15) is 0 Å². The molecule has 0 atom stereocenters. The molecular formula is C11H15N3OS. The Bertz CT molecular complexity index is 367. The molecule has 1 heterocycles. The summed E-state index contributed by atoms with van der Waals surface area (Å²) in [6, 6.07) is 3.87. The molecule has 5 heteroatoms. The average molecular weight is 237 g/mol. The summed E-state index contributed by atoms with van der Waals surface area (Å²) >= 11 is 4.69. The molecule has 4 nitrogen and oxygen atoms in total. The molecule has 0 saturated heterocycles. The molecule has 0 aliphatic heterocycles. The first kappa shape index (κ1) is 12.6. The van der Waals surface area contributed by atoms with Crippen LogP contribution in [-0.4, -0.2) is 34.4 Å². The number of amides is 1. The zero-order valence-electron chi connectivity index (χ0n) is 9.22. The molecule has 1 aromatic rings. The Morgan fingerprint density at radius 3 is 2.69 bits per heavy atom. The van der Waals surface area contributed by atoms with Crippen LogP contribution in [0.2, 0.25) is 0 Å². The van der Waals surface area contributed by atoms with E-state index >= 15 is 0 Å². The van der Waals surface area contributed by atoms with Crippen LogP contribution >= 0.6 is 12.2 Å². The molecule has 86 valence electrons. The van der Waals surface area contributed by atoms with Gasteiger partial charge in [0.1, 0.15) is 0 Å². The van der Waals surface area contributed by atoms with Crippen LogP contribution in [-0.2, 0) is 11.2 Å². The summed E-state index contributed by atoms with van der Waals surface area (Å²) in [5.74, 6) is -0.0402. The number of thiocarbonyl (C=S) groups is 1. The maximum atomic E-state index is 11.5. The van der Waals surface area contributed by atoms with Gasteiger partial charge in [0.25, 0.3) is 0 Å². The summed E-state index contributed by atoms with van der Waals surface area (Å²) in [6.45, 7) is 0.658. The van der Waals surface area contributed by atoms with Gasteiger partial charge in [0.05, 0.1) is 11.4 Å². The fourth-order valence-corrected chi connectivity index (χ4v) is 1.38. The second kappa shape index (κ2) is 6.17. The number of aromatic nitrogens is 1. The van der Waals surface area contributed by atoms with E-state index in [2.05, 4.69) is 4.98 Å². The second-order valence-electron chi connectivity index (χ2n) is 3.56. The van der Waals surface area contributed by atoms with Crippen molar-refractivity contribution < 1.29 is 4.79 Å². The number of likely N-dealkylation sites (N-methyl/N-ethyl adjacent to an activating group) is 1. The van der Waals surface area contributed by atoms with Gasteiger partial charge in [0.2, 0.25) is 5.91 Å². The van der Waals surface area contributed by atoms with Crippen molar-refractivity contribution in [3.63, 3.8) is 0 Å². The number of hydrogen-bond donors (Lipinski definition) is 1. The van der Waals surface area contributed by atoms with E-state index in [0.29, 0.717) is 6.54 Å². The third-order valence-electron chi connectivity index (χ3n) is 2.24. The smallest absolute Gasteiger partial charge is 0.229 e. The van der Waals surface area contributed by atoms with Crippen LogP contribution < -0.4 is 5.73 Å². The van der Waals surface area contributed by atoms with Crippen molar-refractivity contribution in [3.8, 4) is 0 Å². The Morgan fingerprint density at radius 2 is 2.12 bits per heavy atom. The molecule has 0 aliphatic rings. The van der Waals surface area contributed by atoms with Crippen molar-refractivity contribution in [2.75, 3.05) is 13.6 Å². The van der Waals surface area contributed by atoms with Crippen molar-refractivity contribution in [1.82, 2.24) is 9.88 Å². The van der Waals surface area contributed by atoms with Crippen LogP contribution in [0.5, 0.6) is 0 Å². The van der Waals surface area contributed by atoms with Crippen LogP contribution in [0.4, 0.5) is 0 Å². The van der Waals surface area contributed by atoms with Gasteiger partial charge in [-0.25, -0.2) is 0 Å². The first-order valence-electron chi connectivity index (χ1n) is 5.01. The van der Waals surface area contributed by atoms with Crippen LogP contribution in [0, 0.1) is 0 Å². The minimum absolute atomic E-state index is 0.0402. The van der Waals surface area contributed by atoms with Crippen molar-refractivity contribution in [1.29, 1.82) is 0 Å². The highest BCUT2D eigenvalue weighted by Gasteiger charge is 2.09. The largest absolute Gasteiger partial charge is 0.393 e. The van der Waals surface area contributed by atoms with E-state index in [-0.39, 0.29) is 17.3 Å². The van der Waals surface area contributed by atoms with Gasteiger partial charge in [-0.05, 0) is 24.1 Å². The van der Waals surface area contributed by atoms with E-state index in [9.17, 15) is 4.79 Å². The van der Waals surface area contributed by atoms with E-state index in [1.807, 2.05) is 12.1 Å². The minimum Gasteiger partial charge on any atom is -0.393 e. The van der Waals surface area contributed by atoms with Crippen LogP contribution in [0.15, 0.2) is 24.5 Å². The summed E-state index contributed by atoms with van der Waals surface area (Å²) in [5, 5.41) is 0. The molecular weight excluding hydrogens is 222 g/mol. The third kappa shape index (κ3) is 4.35. The van der Waals surface area contributed by atoms with E-state index in [0.717, 1.165) is 12.0 Å². The molecule has 0 radical (unpaired) electrons. The van der Waals surface area contributed by atoms with Crippen LogP contribution in [0.25, 0.3) is 0 Å². The Morgan fingerprint density at radius 1 is 1.50 bits per heavy atom. The third-order valence-corrected chi connectivity index (χ3v) is 2.38. The van der Waals surface area contributed by atoms with Gasteiger partial charge in [-0.15, -0.1) is 0 Å². The van der Waals surface area contributed by atoms with Gasteiger partial charge in [-0.3, -0.25) is 9.78 Å². The molecule has 0 unspecified atom stereocenters. The highest BCUT2D eigenvalue weighted by atomic mass is 32.1. The summed E-state index contributed by atoms with van der Waals surface area (Å²) in [6.07, 6.45) is 4.43. The fraction of sp³-hybridized carbons (Fsp3) is 0.364. The molecule has 0 bridgehead atoms. The number of nitrogens with two attached hydrogens (primary N) is 1. The lowest BCUT2D eigenvalue weighted by molar-refractivity contribution is -0.128. The van der Waals surface area contributed by atoms with Gasteiger partial charge in [-0.1, -0.05) is 12.2 Å². The van der Waals surface area contributed by atoms with Gasteiger partial charge >= 0.3 is 0 Å². The van der Waals surface area contributed by atoms with E-state index < -0.39 is 0 Å². The first-order valence-corrected chi connectivity index (χ1v) is 5.41. The van der Waals surface area contributed by atoms with Gasteiger partial charge in [0, 0.05) is 26.0 Å². The summed E-state index contributed by atoms with van der Waals surface area (Å²) in [4.78, 5) is 17.3. The predicted molar refractivity (Wildman–Crippen MR) is 67.0 cm³/mol. The van der Waals surface area contributed by atoms with E-state index in [1.165, 1.54) is 0 Å². The lowest BCUT2D eigenvalue weighted by Gasteiger charge is -2.16. The minimum atomic E-state index is -0.0402. The molecule has 0 aromatic carbocycles. The molecule has 0 saturated carbocycles. The Balaban J connectivity index is 2.38. The standard InChI is InChI=1S/C11H15N3OS/c1-14(11(15)8-10(12)16)7-4-9-2-5-13-6-3-9/h2-3,5-6H,4,7-8H2,1H3,(H2,12,16). The van der Waals surface area contributed by atoms with Gasteiger partial charge in [0.15, 0.2) is 0 Å². The molecule has 1 amide bonds. The molecule has 1 aromatic heterocycles. The molecule has 0 fully saturated rings. The number of carbonyl (C=O) groups excluding carboxylic acids is 1. The predicted octanol–water partition coefficient (Wildman–Crippen LogP) is 0.759. The van der Waals surface area contributed by atoms with Gasteiger partial charge < -0.3 is 10.6 Å².